The monoisotopic (exact) mass is 369 g/mol. The molecule has 5 heteroatoms. The minimum atomic E-state index is -0.371. The van der Waals surface area contributed by atoms with Gasteiger partial charge in [-0.2, -0.15) is 0 Å². The molecule has 3 aromatic rings. The number of aryl methyl sites for hydroxylation is 3. The number of carbonyl (C=O) groups excluding carboxylic acids is 1. The van der Waals surface area contributed by atoms with Crippen molar-refractivity contribution in [2.45, 2.75) is 59.8 Å². The number of fused-ring (bicyclic) bond motifs is 2. The van der Waals surface area contributed by atoms with Gasteiger partial charge in [-0.25, -0.2) is 4.79 Å². The Morgan fingerprint density at radius 2 is 1.85 bits per heavy atom. The molecule has 1 aromatic carbocycles. The van der Waals surface area contributed by atoms with Crippen molar-refractivity contribution < 1.29 is 13.6 Å². The number of carbonyl (C=O) groups is 1. The summed E-state index contributed by atoms with van der Waals surface area (Å²) in [6.07, 6.45) is 5.60. The maximum absolute atomic E-state index is 12.5. The maximum atomic E-state index is 12.5. The second-order valence-corrected chi connectivity index (χ2v) is 7.22. The molecule has 2 heterocycles. The van der Waals surface area contributed by atoms with Gasteiger partial charge in [-0.1, -0.05) is 19.8 Å². The molecule has 0 aliphatic carbocycles. The van der Waals surface area contributed by atoms with Crippen LogP contribution in [0.1, 0.15) is 54.9 Å². The third-order valence-electron chi connectivity index (χ3n) is 5.24. The molecule has 0 unspecified atom stereocenters. The fraction of sp³-hybridized carbons (Fsp3) is 0.455. The van der Waals surface area contributed by atoms with Gasteiger partial charge in [-0.3, -0.25) is 4.79 Å². The highest BCUT2D eigenvalue weighted by Gasteiger charge is 2.18. The molecule has 0 bridgehead atoms. The summed E-state index contributed by atoms with van der Waals surface area (Å²) >= 11 is 0. The molecule has 0 aliphatic heterocycles. The second kappa shape index (κ2) is 7.99. The van der Waals surface area contributed by atoms with Crippen LogP contribution in [0.5, 0.6) is 0 Å². The van der Waals surface area contributed by atoms with E-state index in [0.29, 0.717) is 24.1 Å². The highest BCUT2D eigenvalue weighted by Crippen LogP contribution is 2.32. The topological polar surface area (TPSA) is 72.5 Å². The van der Waals surface area contributed by atoms with Crippen molar-refractivity contribution in [1.29, 1.82) is 0 Å². The van der Waals surface area contributed by atoms with Crippen LogP contribution < -0.4 is 10.9 Å². The van der Waals surface area contributed by atoms with Gasteiger partial charge in [0.15, 0.2) is 0 Å². The number of unbranched alkanes of at least 4 members (excludes halogenated alkanes) is 2. The Morgan fingerprint density at radius 1 is 1.07 bits per heavy atom. The smallest absolute Gasteiger partial charge is 0.339 e. The standard InChI is InChI=1S/C22H27NO4/c1-5-6-7-10-23-19(24)9-8-16-14(3)18-11-17-13(2)12-26-20(17)15(4)21(18)27-22(16)25/h11-12H,5-10H2,1-4H3,(H,23,24). The minimum Gasteiger partial charge on any atom is -0.464 e. The summed E-state index contributed by atoms with van der Waals surface area (Å²) in [6.45, 7) is 8.64. The highest BCUT2D eigenvalue weighted by molar-refractivity contribution is 5.99. The third-order valence-corrected chi connectivity index (χ3v) is 5.24. The fourth-order valence-electron chi connectivity index (χ4n) is 3.54. The lowest BCUT2D eigenvalue weighted by atomic mass is 9.98. The van der Waals surface area contributed by atoms with Crippen LogP contribution in [0.4, 0.5) is 0 Å². The lowest BCUT2D eigenvalue weighted by Gasteiger charge is -2.10. The van der Waals surface area contributed by atoms with Crippen LogP contribution in [0.2, 0.25) is 0 Å². The first-order valence-corrected chi connectivity index (χ1v) is 9.64. The van der Waals surface area contributed by atoms with Crippen molar-refractivity contribution in [2.75, 3.05) is 6.54 Å². The zero-order chi connectivity index (χ0) is 19.6. The molecule has 2 aromatic heterocycles. The zero-order valence-corrected chi connectivity index (χ0v) is 16.5. The van der Waals surface area contributed by atoms with E-state index in [1.165, 1.54) is 0 Å². The predicted molar refractivity (Wildman–Crippen MR) is 107 cm³/mol. The Hall–Kier alpha value is -2.56. The number of hydrogen-bond acceptors (Lipinski definition) is 4. The number of rotatable bonds is 7. The van der Waals surface area contributed by atoms with Crippen LogP contribution >= 0.6 is 0 Å². The van der Waals surface area contributed by atoms with Crippen molar-refractivity contribution in [2.24, 2.45) is 0 Å². The first-order chi connectivity index (χ1) is 12.9. The molecule has 1 N–H and O–H groups in total. The van der Waals surface area contributed by atoms with Gasteiger partial charge in [0.2, 0.25) is 5.91 Å². The first-order valence-electron chi connectivity index (χ1n) is 9.64. The van der Waals surface area contributed by atoms with E-state index in [4.69, 9.17) is 8.83 Å². The summed E-state index contributed by atoms with van der Waals surface area (Å²) in [7, 11) is 0. The van der Waals surface area contributed by atoms with E-state index in [1.54, 1.807) is 6.26 Å². The van der Waals surface area contributed by atoms with E-state index in [-0.39, 0.29) is 18.0 Å². The van der Waals surface area contributed by atoms with Gasteiger partial charge in [0.05, 0.1) is 6.26 Å². The van der Waals surface area contributed by atoms with Crippen molar-refractivity contribution in [3.8, 4) is 0 Å². The van der Waals surface area contributed by atoms with E-state index < -0.39 is 0 Å². The zero-order valence-electron chi connectivity index (χ0n) is 16.5. The van der Waals surface area contributed by atoms with Gasteiger partial charge in [0.25, 0.3) is 0 Å². The van der Waals surface area contributed by atoms with Crippen molar-refractivity contribution in [3.05, 3.63) is 45.0 Å². The summed E-state index contributed by atoms with van der Waals surface area (Å²) in [5.41, 5.74) is 4.28. The van der Waals surface area contributed by atoms with Gasteiger partial charge in [-0.15, -0.1) is 0 Å². The normalized spacial score (nSPS) is 11.4. The molecule has 0 spiro atoms. The summed E-state index contributed by atoms with van der Waals surface area (Å²) in [6, 6.07) is 2.02. The van der Waals surface area contributed by atoms with E-state index in [0.717, 1.165) is 52.3 Å². The molecule has 144 valence electrons. The maximum Gasteiger partial charge on any atom is 0.339 e. The van der Waals surface area contributed by atoms with Crippen LogP contribution in [-0.2, 0) is 11.2 Å². The summed E-state index contributed by atoms with van der Waals surface area (Å²) in [5.74, 6) is -0.0256. The van der Waals surface area contributed by atoms with Gasteiger partial charge < -0.3 is 14.2 Å². The molecule has 0 saturated heterocycles. The Labute approximate surface area is 158 Å². The Morgan fingerprint density at radius 3 is 2.59 bits per heavy atom. The molecule has 0 atom stereocenters. The number of amides is 1. The number of furan rings is 1. The predicted octanol–water partition coefficient (Wildman–Crippen LogP) is 4.70. The van der Waals surface area contributed by atoms with Crippen molar-refractivity contribution >= 4 is 27.8 Å². The van der Waals surface area contributed by atoms with Gasteiger partial charge in [0, 0.05) is 34.9 Å². The summed E-state index contributed by atoms with van der Waals surface area (Å²) < 4.78 is 11.2. The largest absolute Gasteiger partial charge is 0.464 e. The van der Waals surface area contributed by atoms with Gasteiger partial charge in [0.1, 0.15) is 11.2 Å². The first kappa shape index (κ1) is 19.2. The van der Waals surface area contributed by atoms with Gasteiger partial charge >= 0.3 is 5.63 Å². The van der Waals surface area contributed by atoms with Crippen molar-refractivity contribution in [3.63, 3.8) is 0 Å². The van der Waals surface area contributed by atoms with E-state index in [1.807, 2.05) is 26.8 Å². The summed E-state index contributed by atoms with van der Waals surface area (Å²) in [4.78, 5) is 24.6. The summed E-state index contributed by atoms with van der Waals surface area (Å²) in [5, 5.41) is 4.85. The molecule has 0 saturated carbocycles. The van der Waals surface area contributed by atoms with Crippen LogP contribution in [0.25, 0.3) is 21.9 Å². The second-order valence-electron chi connectivity index (χ2n) is 7.22. The average molecular weight is 369 g/mol. The molecule has 27 heavy (non-hydrogen) atoms. The quantitative estimate of drug-likeness (QED) is 0.484. The Balaban J connectivity index is 1.88. The third kappa shape index (κ3) is 3.77. The average Bonchev–Trinajstić information content (AvgIpc) is 3.01. The molecule has 0 radical (unpaired) electrons. The molecule has 3 rings (SSSR count). The molecule has 5 nitrogen and oxygen atoms in total. The molecular weight excluding hydrogens is 342 g/mol. The molecular formula is C22H27NO4. The lowest BCUT2D eigenvalue weighted by Crippen LogP contribution is -2.25. The fourth-order valence-corrected chi connectivity index (χ4v) is 3.54. The van der Waals surface area contributed by atoms with Crippen LogP contribution in [0.3, 0.4) is 0 Å². The molecule has 0 fully saturated rings. The lowest BCUT2D eigenvalue weighted by molar-refractivity contribution is -0.121. The van der Waals surface area contributed by atoms with Crippen LogP contribution in [0.15, 0.2) is 26.0 Å². The molecule has 0 aliphatic rings. The molecule has 1 amide bonds. The van der Waals surface area contributed by atoms with E-state index in [2.05, 4.69) is 12.2 Å². The van der Waals surface area contributed by atoms with Crippen LogP contribution in [0, 0.1) is 20.8 Å². The number of hydrogen-bond donors (Lipinski definition) is 1. The minimum absolute atomic E-state index is 0.0256. The Bertz CT molecular complexity index is 1040. The number of benzene rings is 1. The van der Waals surface area contributed by atoms with E-state index >= 15 is 0 Å². The Kier molecular flexibility index (Phi) is 5.68. The highest BCUT2D eigenvalue weighted by atomic mass is 16.4. The van der Waals surface area contributed by atoms with Crippen LogP contribution in [-0.4, -0.2) is 12.5 Å². The van der Waals surface area contributed by atoms with Crippen molar-refractivity contribution in [1.82, 2.24) is 5.32 Å². The number of nitrogens with one attached hydrogen (secondary N) is 1. The van der Waals surface area contributed by atoms with Gasteiger partial charge in [-0.05, 0) is 50.8 Å². The SMILES string of the molecule is CCCCCNC(=O)CCc1c(C)c2cc3c(C)coc3c(C)c2oc1=O. The van der Waals surface area contributed by atoms with E-state index in [9.17, 15) is 9.59 Å².